The molecule has 1 N–H and O–H groups in total. The molecule has 19 heavy (non-hydrogen) atoms. The molecule has 0 aromatic carbocycles. The van der Waals surface area contributed by atoms with Crippen molar-refractivity contribution >= 4 is 0 Å². The van der Waals surface area contributed by atoms with Crippen LogP contribution in [0.15, 0.2) is 0 Å². The highest BCUT2D eigenvalue weighted by atomic mass is 15.2. The fourth-order valence-electron chi connectivity index (χ4n) is 3.68. The fraction of sp³-hybridized carbons (Fsp3) is 1.00. The standard InChI is InChI=1S/C17H34N2/c1-4-12-18-16(11-10-15-8-9-15)17(3,5-2)19-13-6-7-14-19/h15-16,18H,4-14H2,1-3H3. The minimum Gasteiger partial charge on any atom is -0.312 e. The van der Waals surface area contributed by atoms with Crippen LogP contribution in [0.2, 0.25) is 0 Å². The lowest BCUT2D eigenvalue weighted by atomic mass is 9.84. The van der Waals surface area contributed by atoms with Crippen LogP contribution in [0.5, 0.6) is 0 Å². The van der Waals surface area contributed by atoms with Gasteiger partial charge in [0.1, 0.15) is 0 Å². The number of hydrogen-bond donors (Lipinski definition) is 1. The maximum atomic E-state index is 3.88. The lowest BCUT2D eigenvalue weighted by Gasteiger charge is -2.45. The molecule has 2 nitrogen and oxygen atoms in total. The molecule has 0 radical (unpaired) electrons. The molecule has 1 heterocycles. The Morgan fingerprint density at radius 3 is 2.42 bits per heavy atom. The van der Waals surface area contributed by atoms with Crippen LogP contribution < -0.4 is 5.32 Å². The molecule has 2 aliphatic rings. The van der Waals surface area contributed by atoms with Crippen molar-refractivity contribution < 1.29 is 0 Å². The monoisotopic (exact) mass is 266 g/mol. The highest BCUT2D eigenvalue weighted by Gasteiger charge is 2.39. The number of hydrogen-bond acceptors (Lipinski definition) is 2. The Kier molecular flexibility index (Phi) is 5.70. The lowest BCUT2D eigenvalue weighted by Crippen LogP contribution is -2.58. The fourth-order valence-corrected chi connectivity index (χ4v) is 3.68. The predicted octanol–water partition coefficient (Wildman–Crippen LogP) is 3.81. The summed E-state index contributed by atoms with van der Waals surface area (Å²) in [4.78, 5) is 2.77. The molecule has 1 saturated heterocycles. The minimum absolute atomic E-state index is 0.376. The molecule has 2 rings (SSSR count). The number of rotatable bonds is 9. The quantitative estimate of drug-likeness (QED) is 0.683. The van der Waals surface area contributed by atoms with E-state index in [1.807, 2.05) is 0 Å². The molecule has 0 aromatic rings. The van der Waals surface area contributed by atoms with Gasteiger partial charge >= 0.3 is 0 Å². The zero-order valence-electron chi connectivity index (χ0n) is 13.4. The van der Waals surface area contributed by atoms with Gasteiger partial charge in [-0.2, -0.15) is 0 Å². The molecule has 112 valence electrons. The van der Waals surface area contributed by atoms with Crippen LogP contribution in [0.4, 0.5) is 0 Å². The highest BCUT2D eigenvalue weighted by Crippen LogP contribution is 2.37. The Morgan fingerprint density at radius 2 is 1.89 bits per heavy atom. The summed E-state index contributed by atoms with van der Waals surface area (Å²) in [5.41, 5.74) is 0.376. The summed E-state index contributed by atoms with van der Waals surface area (Å²) in [7, 11) is 0. The molecular weight excluding hydrogens is 232 g/mol. The van der Waals surface area contributed by atoms with Gasteiger partial charge in [0.05, 0.1) is 0 Å². The van der Waals surface area contributed by atoms with E-state index in [0.717, 1.165) is 5.92 Å². The molecule has 1 aliphatic carbocycles. The van der Waals surface area contributed by atoms with Crippen molar-refractivity contribution in [1.82, 2.24) is 10.2 Å². The molecule has 1 aliphatic heterocycles. The maximum absolute atomic E-state index is 3.88. The third-order valence-corrected chi connectivity index (χ3v) is 5.50. The largest absolute Gasteiger partial charge is 0.312 e. The summed E-state index contributed by atoms with van der Waals surface area (Å²) in [5.74, 6) is 1.06. The SMILES string of the molecule is CCCNC(CCC1CC1)C(C)(CC)N1CCCC1. The third-order valence-electron chi connectivity index (χ3n) is 5.50. The highest BCUT2D eigenvalue weighted by molar-refractivity contribution is 4.98. The van der Waals surface area contributed by atoms with Gasteiger partial charge in [0, 0.05) is 11.6 Å². The summed E-state index contributed by atoms with van der Waals surface area (Å²) in [6.45, 7) is 11.0. The molecule has 0 spiro atoms. The number of likely N-dealkylation sites (tertiary alicyclic amines) is 1. The normalized spacial score (nSPS) is 25.4. The summed E-state index contributed by atoms with van der Waals surface area (Å²) < 4.78 is 0. The topological polar surface area (TPSA) is 15.3 Å². The van der Waals surface area contributed by atoms with E-state index in [2.05, 4.69) is 31.0 Å². The molecule has 0 bridgehead atoms. The van der Waals surface area contributed by atoms with E-state index in [0.29, 0.717) is 11.6 Å². The Balaban J connectivity index is 1.97. The number of nitrogens with zero attached hydrogens (tertiary/aromatic N) is 1. The molecule has 0 amide bonds. The van der Waals surface area contributed by atoms with Crippen LogP contribution in [-0.4, -0.2) is 36.1 Å². The van der Waals surface area contributed by atoms with Crippen molar-refractivity contribution in [3.8, 4) is 0 Å². The van der Waals surface area contributed by atoms with Crippen LogP contribution in [0.3, 0.4) is 0 Å². The van der Waals surface area contributed by atoms with Crippen LogP contribution in [-0.2, 0) is 0 Å². The van der Waals surface area contributed by atoms with Crippen molar-refractivity contribution in [2.75, 3.05) is 19.6 Å². The second-order valence-electron chi connectivity index (χ2n) is 6.93. The smallest absolute Gasteiger partial charge is 0.0331 e. The molecule has 2 atom stereocenters. The van der Waals surface area contributed by atoms with E-state index < -0.39 is 0 Å². The maximum Gasteiger partial charge on any atom is 0.0331 e. The van der Waals surface area contributed by atoms with E-state index >= 15 is 0 Å². The van der Waals surface area contributed by atoms with Gasteiger partial charge in [-0.3, -0.25) is 4.90 Å². The van der Waals surface area contributed by atoms with Crippen molar-refractivity contribution in [2.24, 2.45) is 5.92 Å². The second-order valence-corrected chi connectivity index (χ2v) is 6.93. The van der Waals surface area contributed by atoms with Gasteiger partial charge in [0.25, 0.3) is 0 Å². The van der Waals surface area contributed by atoms with Crippen molar-refractivity contribution in [2.45, 2.75) is 83.7 Å². The minimum atomic E-state index is 0.376. The molecule has 1 saturated carbocycles. The first kappa shape index (κ1) is 15.3. The van der Waals surface area contributed by atoms with Gasteiger partial charge < -0.3 is 5.32 Å². The first-order valence-electron chi connectivity index (χ1n) is 8.69. The van der Waals surface area contributed by atoms with E-state index in [1.165, 1.54) is 71.0 Å². The lowest BCUT2D eigenvalue weighted by molar-refractivity contribution is 0.0787. The first-order chi connectivity index (χ1) is 9.20. The van der Waals surface area contributed by atoms with E-state index in [4.69, 9.17) is 0 Å². The Morgan fingerprint density at radius 1 is 1.21 bits per heavy atom. The third kappa shape index (κ3) is 3.95. The molecular formula is C17H34N2. The van der Waals surface area contributed by atoms with Gasteiger partial charge in [0.15, 0.2) is 0 Å². The zero-order valence-corrected chi connectivity index (χ0v) is 13.4. The van der Waals surface area contributed by atoms with Gasteiger partial charge in [0.2, 0.25) is 0 Å². The van der Waals surface area contributed by atoms with Crippen LogP contribution in [0.25, 0.3) is 0 Å². The molecule has 2 unspecified atom stereocenters. The van der Waals surface area contributed by atoms with E-state index in [-0.39, 0.29) is 0 Å². The van der Waals surface area contributed by atoms with E-state index in [9.17, 15) is 0 Å². The number of nitrogens with one attached hydrogen (secondary N) is 1. The Labute approximate surface area is 120 Å². The van der Waals surface area contributed by atoms with Gasteiger partial charge in [-0.05, 0) is 71.0 Å². The summed E-state index contributed by atoms with van der Waals surface area (Å²) in [6, 6.07) is 0.691. The Bertz CT molecular complexity index is 256. The van der Waals surface area contributed by atoms with Gasteiger partial charge in [-0.25, -0.2) is 0 Å². The average molecular weight is 266 g/mol. The van der Waals surface area contributed by atoms with Crippen LogP contribution >= 0.6 is 0 Å². The summed E-state index contributed by atoms with van der Waals surface area (Å²) in [5, 5.41) is 3.88. The zero-order chi connectivity index (χ0) is 13.7. The van der Waals surface area contributed by atoms with Crippen molar-refractivity contribution in [3.05, 3.63) is 0 Å². The summed E-state index contributed by atoms with van der Waals surface area (Å²) in [6.07, 6.45) is 11.1. The summed E-state index contributed by atoms with van der Waals surface area (Å²) >= 11 is 0. The predicted molar refractivity (Wildman–Crippen MR) is 83.5 cm³/mol. The van der Waals surface area contributed by atoms with E-state index in [1.54, 1.807) is 0 Å². The van der Waals surface area contributed by atoms with Crippen LogP contribution in [0, 0.1) is 5.92 Å². The second kappa shape index (κ2) is 7.08. The van der Waals surface area contributed by atoms with Crippen LogP contribution in [0.1, 0.15) is 72.1 Å². The molecule has 2 heteroatoms. The first-order valence-corrected chi connectivity index (χ1v) is 8.69. The van der Waals surface area contributed by atoms with Crippen molar-refractivity contribution in [3.63, 3.8) is 0 Å². The molecule has 0 aromatic heterocycles. The van der Waals surface area contributed by atoms with Gasteiger partial charge in [-0.15, -0.1) is 0 Å². The van der Waals surface area contributed by atoms with Gasteiger partial charge in [-0.1, -0.05) is 26.7 Å². The van der Waals surface area contributed by atoms with Crippen molar-refractivity contribution in [1.29, 1.82) is 0 Å². The molecule has 2 fully saturated rings. The Hall–Kier alpha value is -0.0800. The average Bonchev–Trinajstić information content (AvgIpc) is 3.09.